The molecular weight excluding hydrogens is 424 g/mol. The number of hydrogen-bond donors (Lipinski definition) is 2. The van der Waals surface area contributed by atoms with E-state index < -0.39 is 5.97 Å². The van der Waals surface area contributed by atoms with Crippen LogP contribution in [0.15, 0.2) is 30.5 Å². The van der Waals surface area contributed by atoms with E-state index in [-0.39, 0.29) is 29.4 Å². The van der Waals surface area contributed by atoms with E-state index in [4.69, 9.17) is 0 Å². The summed E-state index contributed by atoms with van der Waals surface area (Å²) in [7, 11) is 0. The summed E-state index contributed by atoms with van der Waals surface area (Å²) in [6.45, 7) is 5.89. The number of nitrogens with one attached hydrogen (secondary N) is 1. The van der Waals surface area contributed by atoms with Gasteiger partial charge < -0.3 is 9.67 Å². The summed E-state index contributed by atoms with van der Waals surface area (Å²) in [5.41, 5.74) is 4.35. The second-order valence-corrected chi connectivity index (χ2v) is 9.53. The van der Waals surface area contributed by atoms with Crippen molar-refractivity contribution in [3.05, 3.63) is 58.9 Å². The van der Waals surface area contributed by atoms with E-state index in [1.54, 1.807) is 25.3 Å². The number of aliphatic carboxylic acids is 1. The van der Waals surface area contributed by atoms with Crippen molar-refractivity contribution in [3.8, 4) is 5.69 Å². The summed E-state index contributed by atoms with van der Waals surface area (Å²) >= 11 is 0. The summed E-state index contributed by atoms with van der Waals surface area (Å²) in [6, 6.07) is 6.92. The number of halogens is 2. The molecule has 0 radical (unpaired) electrons. The van der Waals surface area contributed by atoms with E-state index in [0.717, 1.165) is 22.5 Å². The maximum Gasteiger partial charge on any atom is 0.306 e. The van der Waals surface area contributed by atoms with Crippen molar-refractivity contribution < 1.29 is 18.7 Å². The first-order valence-corrected chi connectivity index (χ1v) is 11.5. The van der Waals surface area contributed by atoms with Crippen molar-refractivity contribution in [1.29, 1.82) is 0 Å². The van der Waals surface area contributed by atoms with Crippen LogP contribution < -0.4 is 0 Å². The third kappa shape index (κ3) is 3.41. The number of carboxylic acid groups (broad SMARTS) is 1. The molecule has 33 heavy (non-hydrogen) atoms. The van der Waals surface area contributed by atoms with Gasteiger partial charge >= 0.3 is 5.97 Å². The molecule has 1 fully saturated rings. The van der Waals surface area contributed by atoms with Crippen molar-refractivity contribution in [2.75, 3.05) is 0 Å². The molecule has 0 atom stereocenters. The van der Waals surface area contributed by atoms with Crippen molar-refractivity contribution in [2.24, 2.45) is 5.92 Å². The molecule has 1 saturated carbocycles. The van der Waals surface area contributed by atoms with Gasteiger partial charge in [-0.1, -0.05) is 13.8 Å². The predicted molar refractivity (Wildman–Crippen MR) is 124 cm³/mol. The Morgan fingerprint density at radius 2 is 1.91 bits per heavy atom. The maximum absolute atomic E-state index is 16.0. The van der Waals surface area contributed by atoms with Gasteiger partial charge in [0.2, 0.25) is 0 Å². The largest absolute Gasteiger partial charge is 0.481 e. The Hall–Kier alpha value is -3.22. The van der Waals surface area contributed by atoms with Gasteiger partial charge in [0.15, 0.2) is 5.82 Å². The first-order chi connectivity index (χ1) is 15.8. The molecule has 0 bridgehead atoms. The van der Waals surface area contributed by atoms with Crippen LogP contribution in [-0.4, -0.2) is 25.8 Å². The van der Waals surface area contributed by atoms with Gasteiger partial charge in [0.25, 0.3) is 0 Å². The number of nitrogens with zero attached hydrogens (tertiary/aromatic N) is 2. The van der Waals surface area contributed by atoms with E-state index in [1.165, 1.54) is 6.07 Å². The van der Waals surface area contributed by atoms with Gasteiger partial charge in [0, 0.05) is 22.2 Å². The lowest BCUT2D eigenvalue weighted by atomic mass is 9.77. The van der Waals surface area contributed by atoms with Gasteiger partial charge in [-0.3, -0.25) is 9.89 Å². The summed E-state index contributed by atoms with van der Waals surface area (Å²) < 4.78 is 32.1. The molecule has 5 rings (SSSR count). The van der Waals surface area contributed by atoms with Crippen LogP contribution in [0.2, 0.25) is 0 Å². The van der Waals surface area contributed by atoms with Gasteiger partial charge in [-0.05, 0) is 79.8 Å². The maximum atomic E-state index is 16.0. The number of hydrogen-bond acceptors (Lipinski definition) is 2. The van der Waals surface area contributed by atoms with Crippen molar-refractivity contribution in [1.82, 2.24) is 14.8 Å². The molecule has 2 N–H and O–H groups in total. The molecule has 2 aromatic heterocycles. The minimum absolute atomic E-state index is 0.0539. The number of fused-ring (bicyclic) bond motifs is 2. The quantitative estimate of drug-likeness (QED) is 0.368. The fraction of sp³-hybridized carbons (Fsp3) is 0.385. The van der Waals surface area contributed by atoms with Gasteiger partial charge in [0.05, 0.1) is 17.6 Å². The molecule has 2 heterocycles. The van der Waals surface area contributed by atoms with Crippen LogP contribution in [0.4, 0.5) is 8.78 Å². The molecule has 4 aromatic rings. The lowest BCUT2D eigenvalue weighted by Crippen LogP contribution is -2.21. The molecule has 0 spiro atoms. The molecule has 0 aliphatic heterocycles. The van der Waals surface area contributed by atoms with Crippen LogP contribution in [0, 0.1) is 24.5 Å². The standard InChI is InChI=1S/C26H27F2N3O2/c1-13(2)25-21(15-4-6-16(7-5-15)26(32)33)22-20(11-17-12-29-30-24(17)23(22)28)31(25)18-8-9-19(27)14(3)10-18/h8-13,15-16H,4-7H2,1-3H3,(H,29,30)(H,32,33). The molecule has 0 amide bonds. The number of aromatic nitrogens is 3. The molecule has 0 saturated heterocycles. The SMILES string of the molecule is Cc1cc(-n2c(C(C)C)c(C3CCC(C(=O)O)CC3)c3c(F)c4[nH]ncc4cc32)ccc1F. The Kier molecular flexibility index (Phi) is 5.22. The zero-order valence-electron chi connectivity index (χ0n) is 19.0. The number of rotatable bonds is 4. The number of aromatic amines is 1. The van der Waals surface area contributed by atoms with Crippen molar-refractivity contribution >= 4 is 27.8 Å². The summed E-state index contributed by atoms with van der Waals surface area (Å²) in [5.74, 6) is -1.59. The first kappa shape index (κ1) is 21.6. The molecule has 1 aliphatic carbocycles. The van der Waals surface area contributed by atoms with Crippen LogP contribution in [0.5, 0.6) is 0 Å². The number of carboxylic acids is 1. The monoisotopic (exact) mass is 451 g/mol. The Labute approximate surface area is 190 Å². The van der Waals surface area contributed by atoms with E-state index in [0.29, 0.717) is 47.5 Å². The van der Waals surface area contributed by atoms with Crippen LogP contribution in [0.25, 0.3) is 27.5 Å². The highest BCUT2D eigenvalue weighted by Gasteiger charge is 2.33. The zero-order valence-corrected chi connectivity index (χ0v) is 19.0. The lowest BCUT2D eigenvalue weighted by molar-refractivity contribution is -0.142. The highest BCUT2D eigenvalue weighted by Crippen LogP contribution is 2.46. The number of H-pyrrole nitrogens is 1. The molecule has 7 heteroatoms. The molecule has 1 aliphatic rings. The van der Waals surface area contributed by atoms with E-state index in [1.807, 2.05) is 6.07 Å². The number of carbonyl (C=O) groups is 1. The third-order valence-electron chi connectivity index (χ3n) is 7.11. The normalized spacial score (nSPS) is 19.1. The Morgan fingerprint density at radius 1 is 1.18 bits per heavy atom. The molecule has 172 valence electrons. The Morgan fingerprint density at radius 3 is 2.55 bits per heavy atom. The summed E-state index contributed by atoms with van der Waals surface area (Å²) in [5, 5.41) is 17.5. The second-order valence-electron chi connectivity index (χ2n) is 9.53. The van der Waals surface area contributed by atoms with Crippen LogP contribution in [0.3, 0.4) is 0 Å². The number of benzene rings is 2. The predicted octanol–water partition coefficient (Wildman–Crippen LogP) is 6.58. The average Bonchev–Trinajstić information content (AvgIpc) is 3.39. The minimum atomic E-state index is -0.757. The third-order valence-corrected chi connectivity index (χ3v) is 7.11. The molecule has 2 aromatic carbocycles. The second kappa shape index (κ2) is 7.97. The van der Waals surface area contributed by atoms with E-state index in [2.05, 4.69) is 28.6 Å². The average molecular weight is 452 g/mol. The fourth-order valence-electron chi connectivity index (χ4n) is 5.51. The Balaban J connectivity index is 1.82. The first-order valence-electron chi connectivity index (χ1n) is 11.5. The topological polar surface area (TPSA) is 70.9 Å². The van der Waals surface area contributed by atoms with Crippen molar-refractivity contribution in [2.45, 2.75) is 58.3 Å². The van der Waals surface area contributed by atoms with Gasteiger partial charge in [-0.2, -0.15) is 5.10 Å². The van der Waals surface area contributed by atoms with Crippen LogP contribution >= 0.6 is 0 Å². The fourth-order valence-corrected chi connectivity index (χ4v) is 5.51. The van der Waals surface area contributed by atoms with Gasteiger partial charge in [-0.25, -0.2) is 8.78 Å². The van der Waals surface area contributed by atoms with Crippen LogP contribution in [0.1, 0.15) is 68.2 Å². The molecular formula is C26H27F2N3O2. The van der Waals surface area contributed by atoms with E-state index >= 15 is 4.39 Å². The smallest absolute Gasteiger partial charge is 0.306 e. The van der Waals surface area contributed by atoms with Gasteiger partial charge in [0.1, 0.15) is 11.3 Å². The lowest BCUT2D eigenvalue weighted by Gasteiger charge is -2.28. The highest BCUT2D eigenvalue weighted by molar-refractivity contribution is 5.99. The molecule has 5 nitrogen and oxygen atoms in total. The molecule has 0 unspecified atom stereocenters. The highest BCUT2D eigenvalue weighted by atomic mass is 19.1. The summed E-state index contributed by atoms with van der Waals surface area (Å²) in [4.78, 5) is 11.5. The Bertz CT molecular complexity index is 1380. The van der Waals surface area contributed by atoms with Crippen LogP contribution in [-0.2, 0) is 4.79 Å². The number of aryl methyl sites for hydroxylation is 1. The zero-order chi connectivity index (χ0) is 23.4. The van der Waals surface area contributed by atoms with Gasteiger partial charge in [-0.15, -0.1) is 0 Å². The van der Waals surface area contributed by atoms with E-state index in [9.17, 15) is 14.3 Å². The van der Waals surface area contributed by atoms with Crippen molar-refractivity contribution in [3.63, 3.8) is 0 Å². The minimum Gasteiger partial charge on any atom is -0.481 e. The summed E-state index contributed by atoms with van der Waals surface area (Å²) in [6.07, 6.45) is 4.15.